The fourth-order valence-corrected chi connectivity index (χ4v) is 4.36. The SMILES string of the molecule is CCCCC(CC)Cc1ccccc1ON(Oc1ccccc1CC(CC)CCCC)C(C)=O. The van der Waals surface area contributed by atoms with Crippen molar-refractivity contribution < 1.29 is 14.5 Å². The van der Waals surface area contributed by atoms with E-state index in [1.165, 1.54) is 45.4 Å². The second kappa shape index (κ2) is 15.4. The minimum atomic E-state index is -0.291. The lowest BCUT2D eigenvalue weighted by molar-refractivity contribution is -0.244. The Labute approximate surface area is 207 Å². The number of para-hydroxylation sites is 2. The monoisotopic (exact) mass is 467 g/mol. The molecule has 0 aliphatic carbocycles. The smallest absolute Gasteiger partial charge is 0.293 e. The fourth-order valence-electron chi connectivity index (χ4n) is 4.36. The molecule has 0 aromatic heterocycles. The lowest BCUT2D eigenvalue weighted by Gasteiger charge is -2.24. The lowest BCUT2D eigenvalue weighted by Crippen LogP contribution is -2.36. The Morgan fingerprint density at radius 1 is 0.735 bits per heavy atom. The maximum Gasteiger partial charge on any atom is 0.293 e. The third-order valence-electron chi connectivity index (χ3n) is 6.67. The van der Waals surface area contributed by atoms with Crippen LogP contribution in [0.4, 0.5) is 0 Å². The van der Waals surface area contributed by atoms with E-state index in [1.54, 1.807) is 0 Å². The summed E-state index contributed by atoms with van der Waals surface area (Å²) in [5.41, 5.74) is 2.22. The third kappa shape index (κ3) is 9.04. The number of hydrogen-bond acceptors (Lipinski definition) is 3. The van der Waals surface area contributed by atoms with E-state index >= 15 is 0 Å². The topological polar surface area (TPSA) is 38.8 Å². The molecule has 2 atom stereocenters. The van der Waals surface area contributed by atoms with Crippen molar-refractivity contribution in [2.75, 3.05) is 0 Å². The van der Waals surface area contributed by atoms with Crippen LogP contribution < -0.4 is 9.68 Å². The molecule has 0 spiro atoms. The molecule has 0 aliphatic heterocycles. The second-order valence-electron chi connectivity index (χ2n) is 9.42. The van der Waals surface area contributed by atoms with Crippen LogP contribution in [0.3, 0.4) is 0 Å². The number of hydroxylamine groups is 2. The quantitative estimate of drug-likeness (QED) is 0.233. The summed E-state index contributed by atoms with van der Waals surface area (Å²) in [6.45, 7) is 10.4. The molecular weight excluding hydrogens is 422 g/mol. The predicted molar refractivity (Wildman–Crippen MR) is 141 cm³/mol. The molecule has 2 rings (SSSR count). The Morgan fingerprint density at radius 2 is 1.15 bits per heavy atom. The molecule has 0 N–H and O–H groups in total. The largest absolute Gasteiger partial charge is 0.343 e. The molecule has 0 heterocycles. The molecule has 0 radical (unpaired) electrons. The Kier molecular flexibility index (Phi) is 12.6. The first-order valence-electron chi connectivity index (χ1n) is 13.3. The van der Waals surface area contributed by atoms with Gasteiger partial charge in [0.1, 0.15) is 0 Å². The van der Waals surface area contributed by atoms with E-state index in [0.29, 0.717) is 23.3 Å². The fraction of sp³-hybridized carbons (Fsp3) is 0.567. The maximum atomic E-state index is 12.5. The van der Waals surface area contributed by atoms with Crippen molar-refractivity contribution >= 4 is 5.91 Å². The zero-order valence-corrected chi connectivity index (χ0v) is 22.0. The number of amides is 1. The van der Waals surface area contributed by atoms with Gasteiger partial charge in [0.25, 0.3) is 5.91 Å². The summed E-state index contributed by atoms with van der Waals surface area (Å²) in [7, 11) is 0. The molecule has 1 amide bonds. The van der Waals surface area contributed by atoms with E-state index in [4.69, 9.17) is 9.68 Å². The number of unbranched alkanes of at least 4 members (excludes halogenated alkanes) is 2. The first-order valence-corrected chi connectivity index (χ1v) is 13.3. The summed E-state index contributed by atoms with van der Waals surface area (Å²) >= 11 is 0. The van der Waals surface area contributed by atoms with E-state index in [9.17, 15) is 4.79 Å². The minimum absolute atomic E-state index is 0.291. The molecule has 0 bridgehead atoms. The predicted octanol–water partition coefficient (Wildman–Crippen LogP) is 8.34. The van der Waals surface area contributed by atoms with Crippen LogP contribution in [0.1, 0.15) is 97.1 Å². The molecular formula is C30H45NO3. The molecule has 4 heteroatoms. The summed E-state index contributed by atoms with van der Waals surface area (Å²) in [5, 5.41) is 1.04. The van der Waals surface area contributed by atoms with Gasteiger partial charge >= 0.3 is 0 Å². The van der Waals surface area contributed by atoms with E-state index in [-0.39, 0.29) is 5.91 Å². The van der Waals surface area contributed by atoms with Crippen LogP contribution in [-0.2, 0) is 17.6 Å². The summed E-state index contributed by atoms with van der Waals surface area (Å²) in [6, 6.07) is 16.0. The van der Waals surface area contributed by atoms with E-state index in [0.717, 1.165) is 42.0 Å². The average Bonchev–Trinajstić information content (AvgIpc) is 2.85. The van der Waals surface area contributed by atoms with Crippen molar-refractivity contribution in [1.82, 2.24) is 5.23 Å². The third-order valence-corrected chi connectivity index (χ3v) is 6.67. The first kappa shape index (κ1) is 27.8. The molecule has 4 nitrogen and oxygen atoms in total. The Hall–Kier alpha value is -2.49. The van der Waals surface area contributed by atoms with Gasteiger partial charge in [-0.05, 0) is 47.9 Å². The maximum absolute atomic E-state index is 12.5. The van der Waals surface area contributed by atoms with Gasteiger partial charge in [0.2, 0.25) is 0 Å². The zero-order valence-electron chi connectivity index (χ0n) is 22.0. The highest BCUT2D eigenvalue weighted by atomic mass is 17.0. The van der Waals surface area contributed by atoms with Crippen molar-refractivity contribution in [2.24, 2.45) is 11.8 Å². The molecule has 0 saturated carbocycles. The summed E-state index contributed by atoms with van der Waals surface area (Å²) in [6.07, 6.45) is 11.4. The van der Waals surface area contributed by atoms with Crippen LogP contribution in [0, 0.1) is 11.8 Å². The van der Waals surface area contributed by atoms with Crippen LogP contribution in [0.25, 0.3) is 0 Å². The zero-order chi connectivity index (χ0) is 24.8. The highest BCUT2D eigenvalue weighted by Crippen LogP contribution is 2.29. The second-order valence-corrected chi connectivity index (χ2v) is 9.42. The van der Waals surface area contributed by atoms with Gasteiger partial charge in [-0.1, -0.05) is 115 Å². The number of nitrogens with zero attached hydrogens (tertiary/aromatic N) is 1. The van der Waals surface area contributed by atoms with E-state index in [1.807, 2.05) is 36.4 Å². The van der Waals surface area contributed by atoms with Gasteiger partial charge in [0, 0.05) is 12.2 Å². The summed E-state index contributed by atoms with van der Waals surface area (Å²) < 4.78 is 0. The van der Waals surface area contributed by atoms with Crippen molar-refractivity contribution in [2.45, 2.75) is 98.8 Å². The normalized spacial score (nSPS) is 12.7. The number of hydrogen-bond donors (Lipinski definition) is 0. The minimum Gasteiger partial charge on any atom is -0.343 e. The number of carbonyl (C=O) groups is 1. The molecule has 2 aromatic carbocycles. The standard InChI is InChI=1S/C30H45NO3/c1-6-10-16-25(8-3)22-27-18-12-14-20-29(27)33-31(24(5)32)34-30-21-15-13-19-28(30)23-26(9-4)17-11-7-2/h12-15,18-21,25-26H,6-11,16-17,22-23H2,1-5H3. The number of rotatable bonds is 16. The van der Waals surface area contributed by atoms with Crippen molar-refractivity contribution in [3.05, 3.63) is 59.7 Å². The van der Waals surface area contributed by atoms with Gasteiger partial charge in [-0.15, -0.1) is 0 Å². The first-order chi connectivity index (χ1) is 16.5. The summed E-state index contributed by atoms with van der Waals surface area (Å²) in [5.74, 6) is 2.28. The van der Waals surface area contributed by atoms with Crippen LogP contribution in [0.15, 0.2) is 48.5 Å². The highest BCUT2D eigenvalue weighted by molar-refractivity contribution is 5.71. The molecule has 2 unspecified atom stereocenters. The number of benzene rings is 2. The van der Waals surface area contributed by atoms with Crippen LogP contribution in [-0.4, -0.2) is 11.1 Å². The van der Waals surface area contributed by atoms with Crippen LogP contribution in [0.2, 0.25) is 0 Å². The molecule has 0 fully saturated rings. The van der Waals surface area contributed by atoms with E-state index < -0.39 is 0 Å². The van der Waals surface area contributed by atoms with Gasteiger partial charge in [0.15, 0.2) is 11.5 Å². The Morgan fingerprint density at radius 3 is 1.50 bits per heavy atom. The van der Waals surface area contributed by atoms with Gasteiger partial charge in [-0.2, -0.15) is 0 Å². The van der Waals surface area contributed by atoms with Crippen LogP contribution in [0.5, 0.6) is 11.5 Å². The van der Waals surface area contributed by atoms with Crippen LogP contribution >= 0.6 is 0 Å². The molecule has 2 aromatic rings. The van der Waals surface area contributed by atoms with E-state index in [2.05, 4.69) is 39.8 Å². The molecule has 0 aliphatic rings. The molecule has 188 valence electrons. The number of carbonyl (C=O) groups excluding carboxylic acids is 1. The summed E-state index contributed by atoms with van der Waals surface area (Å²) in [4.78, 5) is 24.6. The van der Waals surface area contributed by atoms with Crippen molar-refractivity contribution in [3.63, 3.8) is 0 Å². The van der Waals surface area contributed by atoms with Gasteiger partial charge in [-0.3, -0.25) is 4.79 Å². The highest BCUT2D eigenvalue weighted by Gasteiger charge is 2.20. The van der Waals surface area contributed by atoms with Gasteiger partial charge in [0.05, 0.1) is 0 Å². The van der Waals surface area contributed by atoms with Crippen molar-refractivity contribution in [1.29, 1.82) is 0 Å². The van der Waals surface area contributed by atoms with Gasteiger partial charge < -0.3 is 9.68 Å². The lowest BCUT2D eigenvalue weighted by atomic mass is 9.91. The average molecular weight is 468 g/mol. The Bertz CT molecular complexity index is 787. The molecule has 0 saturated heterocycles. The Balaban J connectivity index is 2.18. The van der Waals surface area contributed by atoms with Gasteiger partial charge in [-0.25, -0.2) is 0 Å². The molecule has 34 heavy (non-hydrogen) atoms. The van der Waals surface area contributed by atoms with Crippen molar-refractivity contribution in [3.8, 4) is 11.5 Å².